The van der Waals surface area contributed by atoms with E-state index >= 15 is 0 Å². The molecule has 3 aromatic heterocycles. The molecule has 0 saturated carbocycles. The van der Waals surface area contributed by atoms with Crippen molar-refractivity contribution < 1.29 is 17.6 Å². The molecule has 0 atom stereocenters. The maximum Gasteiger partial charge on any atom is 0.255 e. The van der Waals surface area contributed by atoms with E-state index in [2.05, 4.69) is 15.3 Å². The number of halogens is 1. The quantitative estimate of drug-likeness (QED) is 0.568. The second-order valence-electron chi connectivity index (χ2n) is 5.48. The van der Waals surface area contributed by atoms with Crippen molar-refractivity contribution in [2.45, 2.75) is 0 Å². The highest BCUT2D eigenvalue weighted by Crippen LogP contribution is 2.35. The van der Waals surface area contributed by atoms with Crippen LogP contribution in [0.1, 0.15) is 10.4 Å². The number of carbonyl (C=O) groups excluding carboxylic acids is 1. The van der Waals surface area contributed by atoms with Crippen molar-refractivity contribution >= 4 is 55.4 Å². The second-order valence-corrected chi connectivity index (χ2v) is 8.65. The van der Waals surface area contributed by atoms with Gasteiger partial charge in [0.2, 0.25) is 15.7 Å². The molecule has 0 unspecified atom stereocenters. The summed E-state index contributed by atoms with van der Waals surface area (Å²) in [5.74, 6) is 0.166. The first-order valence-corrected chi connectivity index (χ1v) is 10.4. The number of carbonyl (C=O) groups is 1. The predicted molar refractivity (Wildman–Crippen MR) is 107 cm³/mol. The lowest BCUT2D eigenvalue weighted by Gasteiger charge is -2.16. The van der Waals surface area contributed by atoms with Crippen molar-refractivity contribution in [2.24, 2.45) is 0 Å². The number of aromatic nitrogens is 2. The third-order valence-electron chi connectivity index (χ3n) is 3.77. The number of nitrogens with one attached hydrogen (secondary N) is 1. The Labute approximate surface area is 163 Å². The Morgan fingerprint density at radius 1 is 1.35 bits per heavy atom. The Hall–Kier alpha value is -2.21. The minimum Gasteiger partial charge on any atom is -0.435 e. The van der Waals surface area contributed by atoms with Crippen molar-refractivity contribution in [1.82, 2.24) is 15.3 Å². The van der Waals surface area contributed by atoms with E-state index in [9.17, 15) is 13.2 Å². The zero-order valence-corrected chi connectivity index (χ0v) is 17.1. The number of rotatable bonds is 4. The summed E-state index contributed by atoms with van der Waals surface area (Å²) >= 11 is 1.98. The van der Waals surface area contributed by atoms with E-state index in [0.717, 1.165) is 10.6 Å². The Morgan fingerprint density at radius 3 is 2.65 bits per heavy atom. The van der Waals surface area contributed by atoms with Crippen LogP contribution in [-0.4, -0.2) is 44.6 Å². The van der Waals surface area contributed by atoms with Gasteiger partial charge in [-0.25, -0.2) is 8.42 Å². The Kier molecular flexibility index (Phi) is 4.88. The molecule has 26 heavy (non-hydrogen) atoms. The fraction of sp³-hybridized carbons (Fsp3) is 0.188. The zero-order valence-electron chi connectivity index (χ0n) is 14.1. The number of anilines is 1. The van der Waals surface area contributed by atoms with Gasteiger partial charge in [-0.05, 0) is 40.8 Å². The summed E-state index contributed by atoms with van der Waals surface area (Å²) in [5, 5.41) is 3.07. The van der Waals surface area contributed by atoms with Crippen LogP contribution in [0.2, 0.25) is 0 Å². The minimum atomic E-state index is -3.49. The molecule has 10 heteroatoms. The minimum absolute atomic E-state index is 0.162. The lowest BCUT2D eigenvalue weighted by molar-refractivity contribution is 0.0964. The van der Waals surface area contributed by atoms with Gasteiger partial charge in [-0.3, -0.25) is 14.1 Å². The monoisotopic (exact) mass is 486 g/mol. The molecule has 1 amide bonds. The summed E-state index contributed by atoms with van der Waals surface area (Å²) in [7, 11) is -0.559. The summed E-state index contributed by atoms with van der Waals surface area (Å²) in [6.07, 6.45) is 2.68. The van der Waals surface area contributed by atoms with Gasteiger partial charge in [0.05, 0.1) is 20.8 Å². The van der Waals surface area contributed by atoms with E-state index < -0.39 is 10.0 Å². The van der Waals surface area contributed by atoms with Crippen molar-refractivity contribution in [3.8, 4) is 11.5 Å². The first kappa shape index (κ1) is 18.6. The Balaban J connectivity index is 2.32. The molecule has 0 fully saturated rings. The van der Waals surface area contributed by atoms with Crippen molar-refractivity contribution in [2.75, 3.05) is 24.7 Å². The first-order chi connectivity index (χ1) is 12.2. The third kappa shape index (κ3) is 3.26. The number of hydrogen-bond acceptors (Lipinski definition) is 6. The van der Waals surface area contributed by atoms with Crippen molar-refractivity contribution in [3.63, 3.8) is 0 Å². The molecule has 0 spiro atoms. The summed E-state index contributed by atoms with van der Waals surface area (Å²) < 4.78 is 31.1. The summed E-state index contributed by atoms with van der Waals surface area (Å²) in [5.41, 5.74) is 0.951. The number of furan rings is 1. The number of nitrogens with zero attached hydrogens (tertiary/aromatic N) is 3. The molecule has 3 rings (SSSR count). The van der Waals surface area contributed by atoms with E-state index in [-0.39, 0.29) is 23.2 Å². The molecular formula is C16H15IN4O4S. The van der Waals surface area contributed by atoms with Crippen LogP contribution in [0.15, 0.2) is 34.9 Å². The normalized spacial score (nSPS) is 11.5. The van der Waals surface area contributed by atoms with E-state index in [1.165, 1.54) is 14.1 Å². The summed E-state index contributed by atoms with van der Waals surface area (Å²) in [6, 6.07) is 6.94. The lowest BCUT2D eigenvalue weighted by Crippen LogP contribution is -2.26. The van der Waals surface area contributed by atoms with Gasteiger partial charge < -0.3 is 9.73 Å². The number of fused-ring (bicyclic) bond motifs is 1. The van der Waals surface area contributed by atoms with Gasteiger partial charge >= 0.3 is 0 Å². The zero-order chi connectivity index (χ0) is 19.1. The fourth-order valence-electron chi connectivity index (χ4n) is 2.40. The molecular weight excluding hydrogens is 471 g/mol. The smallest absolute Gasteiger partial charge is 0.255 e. The fourth-order valence-corrected chi connectivity index (χ4v) is 3.81. The van der Waals surface area contributed by atoms with Crippen LogP contribution in [0.25, 0.3) is 22.6 Å². The molecule has 0 aromatic carbocycles. The van der Waals surface area contributed by atoms with E-state index in [4.69, 9.17) is 4.42 Å². The molecule has 0 bridgehead atoms. The molecule has 0 radical (unpaired) electrons. The van der Waals surface area contributed by atoms with Gasteiger partial charge in [-0.15, -0.1) is 0 Å². The molecule has 8 nitrogen and oxygen atoms in total. The first-order valence-electron chi connectivity index (χ1n) is 7.44. The predicted octanol–water partition coefficient (Wildman–Crippen LogP) is 2.25. The molecule has 3 aromatic rings. The summed E-state index contributed by atoms with van der Waals surface area (Å²) in [6.45, 7) is 0. The Bertz CT molecular complexity index is 1100. The van der Waals surface area contributed by atoms with Crippen LogP contribution in [0.5, 0.6) is 0 Å². The molecule has 0 aliphatic carbocycles. The van der Waals surface area contributed by atoms with Gasteiger partial charge in [0.15, 0.2) is 11.6 Å². The van der Waals surface area contributed by atoms with Crippen LogP contribution in [0, 0.1) is 3.57 Å². The van der Waals surface area contributed by atoms with Crippen LogP contribution in [0.3, 0.4) is 0 Å². The van der Waals surface area contributed by atoms with Gasteiger partial charge in [-0.1, -0.05) is 6.07 Å². The third-order valence-corrected chi connectivity index (χ3v) is 5.73. The standard InChI is InChI=1S/C16H15IN4O4S/c1-18-15(22)12-9-8-10(17)14(21(2)26(3,23)24)20-16(9)25-13(12)11-6-4-5-7-19-11/h4-8H,1-3H3,(H,18,22). The topological polar surface area (TPSA) is 105 Å². The van der Waals surface area contributed by atoms with E-state index in [0.29, 0.717) is 20.2 Å². The van der Waals surface area contributed by atoms with E-state index in [1.54, 1.807) is 30.5 Å². The molecule has 0 aliphatic heterocycles. The second kappa shape index (κ2) is 6.83. The number of sulfonamides is 1. The van der Waals surface area contributed by atoms with Crippen molar-refractivity contribution in [1.29, 1.82) is 0 Å². The van der Waals surface area contributed by atoms with Gasteiger partial charge in [0.1, 0.15) is 5.69 Å². The maximum absolute atomic E-state index is 12.4. The van der Waals surface area contributed by atoms with Gasteiger partial charge in [-0.2, -0.15) is 4.98 Å². The highest BCUT2D eigenvalue weighted by Gasteiger charge is 2.26. The summed E-state index contributed by atoms with van der Waals surface area (Å²) in [4.78, 5) is 21.0. The number of hydrogen-bond donors (Lipinski definition) is 1. The van der Waals surface area contributed by atoms with Gasteiger partial charge in [0, 0.05) is 20.3 Å². The molecule has 0 saturated heterocycles. The van der Waals surface area contributed by atoms with Gasteiger partial charge in [0.25, 0.3) is 5.91 Å². The maximum atomic E-state index is 12.4. The van der Waals surface area contributed by atoms with E-state index in [1.807, 2.05) is 22.6 Å². The number of amides is 1. The Morgan fingerprint density at radius 2 is 2.08 bits per heavy atom. The lowest BCUT2D eigenvalue weighted by atomic mass is 10.1. The van der Waals surface area contributed by atoms with Crippen molar-refractivity contribution in [3.05, 3.63) is 39.6 Å². The molecule has 1 N–H and O–H groups in total. The SMILES string of the molecule is CNC(=O)c1c(-c2ccccn2)oc2nc(N(C)S(C)(=O)=O)c(I)cc12. The van der Waals surface area contributed by atoms with Crippen LogP contribution < -0.4 is 9.62 Å². The van der Waals surface area contributed by atoms with Crippen LogP contribution in [-0.2, 0) is 10.0 Å². The highest BCUT2D eigenvalue weighted by atomic mass is 127. The molecule has 0 aliphatic rings. The largest absolute Gasteiger partial charge is 0.435 e. The number of pyridine rings is 2. The highest BCUT2D eigenvalue weighted by molar-refractivity contribution is 14.1. The average Bonchev–Trinajstić information content (AvgIpc) is 2.98. The average molecular weight is 486 g/mol. The van der Waals surface area contributed by atoms with Crippen LogP contribution in [0.4, 0.5) is 5.82 Å². The van der Waals surface area contributed by atoms with Crippen LogP contribution >= 0.6 is 22.6 Å². The molecule has 136 valence electrons. The molecule has 3 heterocycles.